The fraction of sp³-hybridized carbons (Fsp3) is 1.00. The Balaban J connectivity index is 2.93. The molecule has 0 saturated carbocycles. The Labute approximate surface area is 92.9 Å². The lowest BCUT2D eigenvalue weighted by molar-refractivity contribution is 0.137. The fourth-order valence-corrected chi connectivity index (χ4v) is 1.05. The number of nitrogens with one attached hydrogen (secondary N) is 2. The van der Waals surface area contributed by atoms with Crippen LogP contribution < -0.4 is 22.1 Å². The fourth-order valence-electron chi connectivity index (χ4n) is 1.05. The van der Waals surface area contributed by atoms with Crippen molar-refractivity contribution in [2.24, 2.45) is 11.5 Å². The number of hydrogen-bond donors (Lipinski definition) is 4. The van der Waals surface area contributed by atoms with Gasteiger partial charge in [-0.3, -0.25) is 0 Å². The molecule has 6 N–H and O–H groups in total. The third kappa shape index (κ3) is 13.8. The van der Waals surface area contributed by atoms with E-state index in [2.05, 4.69) is 10.6 Å². The maximum Gasteiger partial charge on any atom is 0.0591 e. The first-order valence-electron chi connectivity index (χ1n) is 5.63. The third-order valence-electron chi connectivity index (χ3n) is 1.78. The second-order valence-electron chi connectivity index (χ2n) is 3.98. The zero-order chi connectivity index (χ0) is 11.5. The summed E-state index contributed by atoms with van der Waals surface area (Å²) in [4.78, 5) is 0. The minimum absolute atomic E-state index is 0.206. The van der Waals surface area contributed by atoms with Gasteiger partial charge in [-0.05, 0) is 13.8 Å². The van der Waals surface area contributed by atoms with Gasteiger partial charge in [0.15, 0.2) is 0 Å². The van der Waals surface area contributed by atoms with Crippen molar-refractivity contribution in [1.29, 1.82) is 0 Å². The van der Waals surface area contributed by atoms with Gasteiger partial charge >= 0.3 is 0 Å². The molecule has 0 heterocycles. The number of rotatable bonds is 10. The summed E-state index contributed by atoms with van der Waals surface area (Å²) in [6, 6.07) is 0.412. The van der Waals surface area contributed by atoms with Gasteiger partial charge in [-0.2, -0.15) is 0 Å². The van der Waals surface area contributed by atoms with E-state index < -0.39 is 0 Å². The largest absolute Gasteiger partial charge is 0.379 e. The van der Waals surface area contributed by atoms with Gasteiger partial charge in [0.05, 0.1) is 13.2 Å². The second kappa shape index (κ2) is 10.3. The van der Waals surface area contributed by atoms with E-state index in [1.807, 2.05) is 13.8 Å². The van der Waals surface area contributed by atoms with Gasteiger partial charge in [-0.15, -0.1) is 0 Å². The molecule has 2 atom stereocenters. The lowest BCUT2D eigenvalue weighted by atomic mass is 10.3. The molecule has 0 rings (SSSR count). The Kier molecular flexibility index (Phi) is 10.2. The van der Waals surface area contributed by atoms with Crippen molar-refractivity contribution >= 4 is 0 Å². The van der Waals surface area contributed by atoms with Gasteiger partial charge in [0.2, 0.25) is 0 Å². The number of hydrogen-bond acceptors (Lipinski definition) is 5. The van der Waals surface area contributed by atoms with E-state index in [1.165, 1.54) is 0 Å². The molecular weight excluding hydrogens is 192 g/mol. The summed E-state index contributed by atoms with van der Waals surface area (Å²) in [5.74, 6) is 0. The lowest BCUT2D eigenvalue weighted by Crippen LogP contribution is -2.34. The van der Waals surface area contributed by atoms with Crippen LogP contribution in [0.5, 0.6) is 0 Å². The Morgan fingerprint density at radius 1 is 0.933 bits per heavy atom. The minimum atomic E-state index is 0.206. The molecule has 5 heteroatoms. The summed E-state index contributed by atoms with van der Waals surface area (Å²) < 4.78 is 5.39. The van der Waals surface area contributed by atoms with E-state index >= 15 is 0 Å². The lowest BCUT2D eigenvalue weighted by Gasteiger charge is -2.09. The molecule has 0 spiro atoms. The number of ether oxygens (including phenoxy) is 1. The molecule has 0 aromatic carbocycles. The van der Waals surface area contributed by atoms with Crippen LogP contribution in [0.3, 0.4) is 0 Å². The van der Waals surface area contributed by atoms with E-state index in [1.54, 1.807) is 0 Å². The van der Waals surface area contributed by atoms with Crippen molar-refractivity contribution < 1.29 is 4.74 Å². The Morgan fingerprint density at radius 2 is 1.33 bits per heavy atom. The third-order valence-corrected chi connectivity index (χ3v) is 1.78. The molecule has 0 saturated heterocycles. The summed E-state index contributed by atoms with van der Waals surface area (Å²) in [6.45, 7) is 8.80. The molecule has 0 unspecified atom stereocenters. The molecule has 0 aliphatic carbocycles. The van der Waals surface area contributed by atoms with Crippen LogP contribution in [0.2, 0.25) is 0 Å². The van der Waals surface area contributed by atoms with E-state index in [-0.39, 0.29) is 12.1 Å². The van der Waals surface area contributed by atoms with E-state index in [0.29, 0.717) is 0 Å². The van der Waals surface area contributed by atoms with E-state index in [9.17, 15) is 0 Å². The highest BCUT2D eigenvalue weighted by Gasteiger charge is 1.94. The molecule has 15 heavy (non-hydrogen) atoms. The summed E-state index contributed by atoms with van der Waals surface area (Å²) in [6.07, 6.45) is 0. The first-order valence-corrected chi connectivity index (χ1v) is 5.63. The summed E-state index contributed by atoms with van der Waals surface area (Å²) in [5, 5.41) is 6.41. The quantitative estimate of drug-likeness (QED) is 0.349. The van der Waals surface area contributed by atoms with Gasteiger partial charge < -0.3 is 26.8 Å². The SMILES string of the molecule is C[C@H](N)CNCCOCCNC[C@H](C)N. The topological polar surface area (TPSA) is 85.3 Å². The predicted molar refractivity (Wildman–Crippen MR) is 63.9 cm³/mol. The Morgan fingerprint density at radius 3 is 1.67 bits per heavy atom. The van der Waals surface area contributed by atoms with E-state index in [0.717, 1.165) is 39.4 Å². The molecule has 0 fully saturated rings. The van der Waals surface area contributed by atoms with Crippen LogP contribution in [0.1, 0.15) is 13.8 Å². The molecule has 0 aromatic rings. The monoisotopic (exact) mass is 218 g/mol. The maximum absolute atomic E-state index is 5.58. The van der Waals surface area contributed by atoms with Crippen LogP contribution in [-0.4, -0.2) is 51.5 Å². The molecule has 0 bridgehead atoms. The Bertz CT molecular complexity index is 117. The summed E-state index contributed by atoms with van der Waals surface area (Å²) in [5.41, 5.74) is 11.2. The molecule has 0 aromatic heterocycles. The maximum atomic E-state index is 5.58. The van der Waals surface area contributed by atoms with Gasteiger partial charge in [-0.25, -0.2) is 0 Å². The predicted octanol–water partition coefficient (Wildman–Crippen LogP) is -1.12. The van der Waals surface area contributed by atoms with Crippen molar-refractivity contribution in [3.8, 4) is 0 Å². The standard InChI is InChI=1S/C10H26N4O/c1-9(11)7-13-3-5-15-6-4-14-8-10(2)12/h9-10,13-14H,3-8,11-12H2,1-2H3/t9-,10-/m0/s1. The molecular formula is C10H26N4O. The van der Waals surface area contributed by atoms with Gasteiger partial charge in [0.25, 0.3) is 0 Å². The first kappa shape index (κ1) is 14.8. The van der Waals surface area contributed by atoms with Crippen molar-refractivity contribution in [3.05, 3.63) is 0 Å². The molecule has 0 aliphatic rings. The van der Waals surface area contributed by atoms with Crippen molar-refractivity contribution in [1.82, 2.24) is 10.6 Å². The van der Waals surface area contributed by atoms with Crippen LogP contribution in [0, 0.1) is 0 Å². The molecule has 92 valence electrons. The van der Waals surface area contributed by atoms with Crippen LogP contribution in [0.4, 0.5) is 0 Å². The summed E-state index contributed by atoms with van der Waals surface area (Å²) in [7, 11) is 0. The molecule has 0 radical (unpaired) electrons. The van der Waals surface area contributed by atoms with Gasteiger partial charge in [0, 0.05) is 38.3 Å². The van der Waals surface area contributed by atoms with Crippen molar-refractivity contribution in [2.45, 2.75) is 25.9 Å². The zero-order valence-electron chi connectivity index (χ0n) is 9.96. The van der Waals surface area contributed by atoms with Crippen molar-refractivity contribution in [2.75, 3.05) is 39.4 Å². The highest BCUT2D eigenvalue weighted by atomic mass is 16.5. The molecule has 0 aliphatic heterocycles. The highest BCUT2D eigenvalue weighted by Crippen LogP contribution is 1.75. The zero-order valence-corrected chi connectivity index (χ0v) is 9.96. The first-order chi connectivity index (χ1) is 7.13. The smallest absolute Gasteiger partial charge is 0.0591 e. The number of nitrogens with two attached hydrogens (primary N) is 2. The normalized spacial score (nSPS) is 15.2. The average Bonchev–Trinajstić information content (AvgIpc) is 2.14. The van der Waals surface area contributed by atoms with Crippen LogP contribution in [0.25, 0.3) is 0 Å². The van der Waals surface area contributed by atoms with E-state index in [4.69, 9.17) is 16.2 Å². The minimum Gasteiger partial charge on any atom is -0.379 e. The average molecular weight is 218 g/mol. The van der Waals surface area contributed by atoms with Crippen LogP contribution in [0.15, 0.2) is 0 Å². The summed E-state index contributed by atoms with van der Waals surface area (Å²) >= 11 is 0. The van der Waals surface area contributed by atoms with Crippen LogP contribution in [-0.2, 0) is 4.74 Å². The Hall–Kier alpha value is -0.200. The van der Waals surface area contributed by atoms with Gasteiger partial charge in [0.1, 0.15) is 0 Å². The highest BCUT2D eigenvalue weighted by molar-refractivity contribution is 4.57. The molecule has 5 nitrogen and oxygen atoms in total. The molecule has 0 amide bonds. The van der Waals surface area contributed by atoms with Gasteiger partial charge in [-0.1, -0.05) is 0 Å². The second-order valence-corrected chi connectivity index (χ2v) is 3.98. The van der Waals surface area contributed by atoms with Crippen LogP contribution >= 0.6 is 0 Å². The van der Waals surface area contributed by atoms with Crippen molar-refractivity contribution in [3.63, 3.8) is 0 Å².